The van der Waals surface area contributed by atoms with Crippen LogP contribution in [0, 0.1) is 20.8 Å². The van der Waals surface area contributed by atoms with Gasteiger partial charge in [-0.15, -0.1) is 0 Å². The van der Waals surface area contributed by atoms with Crippen molar-refractivity contribution in [1.82, 2.24) is 29.4 Å². The van der Waals surface area contributed by atoms with E-state index in [1.54, 1.807) is 25.6 Å². The Kier molecular flexibility index (Phi) is 4.73. The minimum atomic E-state index is -4.45. The van der Waals surface area contributed by atoms with Gasteiger partial charge in [0.1, 0.15) is 5.82 Å². The maximum absolute atomic E-state index is 13.2. The molecular formula is C20H19F3N6O2. The fourth-order valence-electron chi connectivity index (χ4n) is 3.84. The minimum absolute atomic E-state index is 0.0734. The van der Waals surface area contributed by atoms with Gasteiger partial charge in [-0.25, -0.2) is 9.50 Å². The van der Waals surface area contributed by atoms with Crippen molar-refractivity contribution < 1.29 is 18.3 Å². The van der Waals surface area contributed by atoms with E-state index in [1.165, 1.54) is 23.6 Å². The Hall–Kier alpha value is -3.47. The molecular weight excluding hydrogens is 413 g/mol. The van der Waals surface area contributed by atoms with Gasteiger partial charge in [-0.2, -0.15) is 23.4 Å². The third-order valence-corrected chi connectivity index (χ3v) is 5.09. The van der Waals surface area contributed by atoms with Crippen LogP contribution in [0.1, 0.15) is 28.3 Å². The molecule has 3 heterocycles. The number of H-pyrrole nitrogens is 1. The maximum atomic E-state index is 13.2. The van der Waals surface area contributed by atoms with Gasteiger partial charge in [0.15, 0.2) is 11.3 Å². The third kappa shape index (κ3) is 3.30. The molecule has 0 unspecified atom stereocenters. The van der Waals surface area contributed by atoms with Crippen LogP contribution >= 0.6 is 0 Å². The Morgan fingerprint density at radius 1 is 1.16 bits per heavy atom. The highest BCUT2D eigenvalue weighted by atomic mass is 19.4. The fourth-order valence-corrected chi connectivity index (χ4v) is 3.84. The number of aryl methyl sites for hydroxylation is 4. The Bertz CT molecular complexity index is 1380. The van der Waals surface area contributed by atoms with E-state index in [9.17, 15) is 23.1 Å². The number of rotatable bonds is 3. The van der Waals surface area contributed by atoms with Crippen molar-refractivity contribution in [2.75, 3.05) is 0 Å². The zero-order valence-electron chi connectivity index (χ0n) is 17.2. The van der Waals surface area contributed by atoms with E-state index < -0.39 is 23.9 Å². The van der Waals surface area contributed by atoms with Gasteiger partial charge in [-0.3, -0.25) is 9.48 Å². The Morgan fingerprint density at radius 3 is 2.48 bits per heavy atom. The molecule has 0 aliphatic carbocycles. The summed E-state index contributed by atoms with van der Waals surface area (Å²) >= 11 is 0. The van der Waals surface area contributed by atoms with Gasteiger partial charge in [0, 0.05) is 12.6 Å². The van der Waals surface area contributed by atoms with Crippen LogP contribution in [-0.4, -0.2) is 34.5 Å². The van der Waals surface area contributed by atoms with E-state index in [0.717, 1.165) is 6.07 Å². The number of nitrogens with zero attached hydrogens (tertiary/aromatic N) is 5. The van der Waals surface area contributed by atoms with Crippen molar-refractivity contribution in [3.63, 3.8) is 0 Å². The number of nitrogens with one attached hydrogen (secondary N) is 1. The van der Waals surface area contributed by atoms with Crippen molar-refractivity contribution in [2.45, 2.75) is 33.6 Å². The average molecular weight is 432 g/mol. The Balaban J connectivity index is 2.03. The van der Waals surface area contributed by atoms with Crippen LogP contribution in [0.3, 0.4) is 0 Å². The summed E-state index contributed by atoms with van der Waals surface area (Å²) in [4.78, 5) is 19.4. The molecule has 11 heteroatoms. The van der Waals surface area contributed by atoms with Crippen molar-refractivity contribution in [3.8, 4) is 22.6 Å². The third-order valence-electron chi connectivity index (χ3n) is 5.09. The molecule has 0 fully saturated rings. The highest BCUT2D eigenvalue weighted by Crippen LogP contribution is 2.38. The first-order valence-electron chi connectivity index (χ1n) is 9.34. The lowest BCUT2D eigenvalue weighted by atomic mass is 9.99. The number of fused-ring (bicyclic) bond motifs is 1. The van der Waals surface area contributed by atoms with E-state index in [1.807, 2.05) is 0 Å². The van der Waals surface area contributed by atoms with Crippen LogP contribution in [0.2, 0.25) is 0 Å². The quantitative estimate of drug-likeness (QED) is 0.519. The Morgan fingerprint density at radius 2 is 1.87 bits per heavy atom. The lowest BCUT2D eigenvalue weighted by Crippen LogP contribution is -2.15. The molecule has 3 aromatic heterocycles. The number of aromatic amines is 1. The molecule has 0 saturated heterocycles. The van der Waals surface area contributed by atoms with E-state index in [0.29, 0.717) is 28.3 Å². The number of alkyl halides is 3. The van der Waals surface area contributed by atoms with Crippen LogP contribution in [0.25, 0.3) is 28.2 Å². The first kappa shape index (κ1) is 20.8. The van der Waals surface area contributed by atoms with Crippen LogP contribution in [-0.2, 0) is 19.8 Å². The Labute approximate surface area is 174 Å². The largest absolute Gasteiger partial charge is 0.416 e. The number of aliphatic hydroxyl groups is 1. The van der Waals surface area contributed by atoms with Gasteiger partial charge in [-0.05, 0) is 38.5 Å². The van der Waals surface area contributed by atoms with Crippen LogP contribution in [0.5, 0.6) is 0 Å². The highest BCUT2D eigenvalue weighted by Gasteiger charge is 2.33. The number of hydrogen-bond donors (Lipinski definition) is 2. The number of benzene rings is 1. The minimum Gasteiger partial charge on any atom is -0.390 e. The number of halogens is 3. The molecule has 0 aliphatic rings. The zero-order chi connectivity index (χ0) is 22.7. The van der Waals surface area contributed by atoms with E-state index in [-0.39, 0.29) is 22.6 Å². The standard InChI is InChI=1S/C20H19F3N6O2/c1-9-7-12(5-6-13(9)20(21,22)23)16-15(10(2)26-28(16)4)18-25-14(8-30)17-19(31)24-11(3)27-29(17)18/h5-7,30H,8H2,1-4H3,(H,24,27,31). The molecule has 0 atom stereocenters. The second kappa shape index (κ2) is 7.05. The van der Waals surface area contributed by atoms with Crippen molar-refractivity contribution in [3.05, 3.63) is 56.9 Å². The van der Waals surface area contributed by atoms with Crippen LogP contribution in [0.4, 0.5) is 13.2 Å². The molecule has 0 radical (unpaired) electrons. The molecule has 0 amide bonds. The first-order valence-corrected chi connectivity index (χ1v) is 9.34. The second-order valence-corrected chi connectivity index (χ2v) is 7.30. The van der Waals surface area contributed by atoms with Gasteiger partial charge in [-0.1, -0.05) is 6.07 Å². The lowest BCUT2D eigenvalue weighted by molar-refractivity contribution is -0.138. The molecule has 0 saturated carbocycles. The van der Waals surface area contributed by atoms with Gasteiger partial charge in [0.05, 0.1) is 34.8 Å². The van der Waals surface area contributed by atoms with Gasteiger partial charge in [0.25, 0.3) is 5.56 Å². The van der Waals surface area contributed by atoms with Crippen molar-refractivity contribution in [1.29, 1.82) is 0 Å². The topological polar surface area (TPSA) is 101 Å². The SMILES string of the molecule is Cc1nn2c(-c3c(C)nn(C)c3-c3ccc(C(F)(F)F)c(C)c3)nc(CO)c2c(=O)[nH]1. The lowest BCUT2D eigenvalue weighted by Gasteiger charge is -2.13. The number of hydrogen-bond acceptors (Lipinski definition) is 5. The summed E-state index contributed by atoms with van der Waals surface area (Å²) < 4.78 is 42.5. The first-order chi connectivity index (χ1) is 14.5. The number of aromatic nitrogens is 6. The summed E-state index contributed by atoms with van der Waals surface area (Å²) in [5.41, 5.74) is 1.22. The smallest absolute Gasteiger partial charge is 0.390 e. The normalized spacial score (nSPS) is 12.1. The fraction of sp³-hybridized carbons (Fsp3) is 0.300. The van der Waals surface area contributed by atoms with E-state index >= 15 is 0 Å². The number of imidazole rings is 1. The zero-order valence-corrected chi connectivity index (χ0v) is 17.2. The molecule has 162 valence electrons. The van der Waals surface area contributed by atoms with Crippen molar-refractivity contribution in [2.24, 2.45) is 7.05 Å². The predicted molar refractivity (Wildman–Crippen MR) is 106 cm³/mol. The molecule has 4 rings (SSSR count). The van der Waals surface area contributed by atoms with Gasteiger partial charge in [0.2, 0.25) is 0 Å². The van der Waals surface area contributed by atoms with Crippen molar-refractivity contribution >= 4 is 5.52 Å². The van der Waals surface area contributed by atoms with E-state index in [4.69, 9.17) is 0 Å². The van der Waals surface area contributed by atoms with Gasteiger partial charge >= 0.3 is 6.18 Å². The van der Waals surface area contributed by atoms with Crippen LogP contribution in [0.15, 0.2) is 23.0 Å². The summed E-state index contributed by atoms with van der Waals surface area (Å²) in [7, 11) is 1.67. The molecule has 4 aromatic rings. The second-order valence-electron chi connectivity index (χ2n) is 7.30. The predicted octanol–water partition coefficient (Wildman–Crippen LogP) is 2.92. The molecule has 0 aliphatic heterocycles. The molecule has 0 bridgehead atoms. The monoisotopic (exact) mass is 432 g/mol. The summed E-state index contributed by atoms with van der Waals surface area (Å²) in [5, 5.41) is 18.5. The van der Waals surface area contributed by atoms with Gasteiger partial charge < -0.3 is 10.1 Å². The summed E-state index contributed by atoms with van der Waals surface area (Å²) in [5.74, 6) is 0.612. The summed E-state index contributed by atoms with van der Waals surface area (Å²) in [6.45, 7) is 4.26. The average Bonchev–Trinajstić information content (AvgIpc) is 3.16. The maximum Gasteiger partial charge on any atom is 0.416 e. The summed E-state index contributed by atoms with van der Waals surface area (Å²) in [6, 6.07) is 3.85. The molecule has 1 aromatic carbocycles. The molecule has 0 spiro atoms. The molecule has 2 N–H and O–H groups in total. The van der Waals surface area contributed by atoms with Crippen LogP contribution < -0.4 is 5.56 Å². The summed E-state index contributed by atoms with van der Waals surface area (Å²) in [6.07, 6.45) is -4.45. The van der Waals surface area contributed by atoms with E-state index in [2.05, 4.69) is 20.2 Å². The number of aliphatic hydroxyl groups excluding tert-OH is 1. The highest BCUT2D eigenvalue weighted by molar-refractivity contribution is 5.82. The molecule has 8 nitrogen and oxygen atoms in total. The molecule has 31 heavy (non-hydrogen) atoms.